The van der Waals surface area contributed by atoms with E-state index in [1.807, 2.05) is 18.9 Å². The summed E-state index contributed by atoms with van der Waals surface area (Å²) in [5, 5.41) is 0.838. The lowest BCUT2D eigenvalue weighted by Crippen LogP contribution is -2.33. The Morgan fingerprint density at radius 1 is 1.62 bits per heavy atom. The van der Waals surface area contributed by atoms with Crippen molar-refractivity contribution in [2.45, 2.75) is 19.6 Å². The van der Waals surface area contributed by atoms with E-state index >= 15 is 0 Å². The number of rotatable bonds is 6. The van der Waals surface area contributed by atoms with Crippen molar-refractivity contribution in [1.29, 1.82) is 0 Å². The molecule has 0 saturated carbocycles. The SMILES string of the molecule is COCc1nsc(N(C)[C@@H](C)C[S@](C)=O)n1. The minimum Gasteiger partial charge on any atom is -0.377 e. The van der Waals surface area contributed by atoms with Crippen LogP contribution in [0.25, 0.3) is 0 Å². The minimum atomic E-state index is -0.797. The molecule has 0 unspecified atom stereocenters. The van der Waals surface area contributed by atoms with Crippen LogP contribution in [-0.4, -0.2) is 45.8 Å². The highest BCUT2D eigenvalue weighted by atomic mass is 32.2. The fourth-order valence-electron chi connectivity index (χ4n) is 1.22. The Bertz CT molecular complexity index is 356. The molecule has 1 aromatic rings. The number of aromatic nitrogens is 2. The van der Waals surface area contributed by atoms with Gasteiger partial charge < -0.3 is 9.64 Å². The number of hydrogen-bond acceptors (Lipinski definition) is 6. The normalized spacial score (nSPS) is 14.8. The van der Waals surface area contributed by atoms with Crippen molar-refractivity contribution in [3.63, 3.8) is 0 Å². The molecule has 2 atom stereocenters. The second-order valence-electron chi connectivity index (χ2n) is 3.63. The van der Waals surface area contributed by atoms with Crippen LogP contribution in [-0.2, 0) is 22.1 Å². The predicted molar refractivity (Wildman–Crippen MR) is 67.4 cm³/mol. The third kappa shape index (κ3) is 3.80. The average molecular weight is 263 g/mol. The van der Waals surface area contributed by atoms with Crippen LogP contribution in [0.15, 0.2) is 0 Å². The molecule has 0 amide bonds. The molecule has 5 nitrogen and oxygen atoms in total. The maximum Gasteiger partial charge on any atom is 0.205 e. The number of methoxy groups -OCH3 is 1. The second kappa shape index (κ2) is 6.27. The Hall–Kier alpha value is -0.530. The molecule has 0 aliphatic carbocycles. The van der Waals surface area contributed by atoms with E-state index in [4.69, 9.17) is 4.74 Å². The molecule has 0 bridgehead atoms. The largest absolute Gasteiger partial charge is 0.377 e. The van der Waals surface area contributed by atoms with Gasteiger partial charge in [-0.3, -0.25) is 4.21 Å². The lowest BCUT2D eigenvalue weighted by Gasteiger charge is -2.22. The predicted octanol–water partition coefficient (Wildman–Crippen LogP) is 0.888. The van der Waals surface area contributed by atoms with Crippen molar-refractivity contribution in [2.75, 3.05) is 31.1 Å². The van der Waals surface area contributed by atoms with Gasteiger partial charge in [0.1, 0.15) is 6.61 Å². The van der Waals surface area contributed by atoms with E-state index < -0.39 is 10.8 Å². The fourth-order valence-corrected chi connectivity index (χ4v) is 2.85. The Morgan fingerprint density at radius 2 is 2.31 bits per heavy atom. The highest BCUT2D eigenvalue weighted by molar-refractivity contribution is 7.84. The van der Waals surface area contributed by atoms with Gasteiger partial charge in [-0.1, -0.05) is 0 Å². The van der Waals surface area contributed by atoms with Gasteiger partial charge in [0, 0.05) is 54.5 Å². The Balaban J connectivity index is 2.64. The van der Waals surface area contributed by atoms with E-state index in [0.717, 1.165) is 5.13 Å². The Labute approximate surface area is 102 Å². The molecule has 0 fully saturated rings. The smallest absolute Gasteiger partial charge is 0.205 e. The second-order valence-corrected chi connectivity index (χ2v) is 5.84. The molecular formula is C9H17N3O2S2. The molecule has 1 rings (SSSR count). The molecule has 1 heterocycles. The molecule has 16 heavy (non-hydrogen) atoms. The summed E-state index contributed by atoms with van der Waals surface area (Å²) in [7, 11) is 2.76. The summed E-state index contributed by atoms with van der Waals surface area (Å²) in [6.07, 6.45) is 1.71. The number of ether oxygens (including phenoxy) is 1. The minimum absolute atomic E-state index is 0.189. The van der Waals surface area contributed by atoms with Crippen LogP contribution in [0.3, 0.4) is 0 Å². The van der Waals surface area contributed by atoms with E-state index in [1.54, 1.807) is 13.4 Å². The molecule has 0 spiro atoms. The standard InChI is InChI=1S/C9H17N3O2S2/c1-7(6-16(4)13)12(2)9-10-8(5-14-3)11-15-9/h7H,5-6H2,1-4H3/t7-,16-/m0/s1. The van der Waals surface area contributed by atoms with Crippen molar-refractivity contribution >= 4 is 27.5 Å². The van der Waals surface area contributed by atoms with E-state index in [1.165, 1.54) is 11.5 Å². The topological polar surface area (TPSA) is 55.3 Å². The average Bonchev–Trinajstić information content (AvgIpc) is 2.64. The quantitative estimate of drug-likeness (QED) is 0.763. The molecule has 0 aliphatic heterocycles. The lowest BCUT2D eigenvalue weighted by atomic mass is 10.4. The first-order valence-corrected chi connectivity index (χ1v) is 7.39. The van der Waals surface area contributed by atoms with E-state index in [0.29, 0.717) is 18.2 Å². The molecule has 0 aromatic carbocycles. The highest BCUT2D eigenvalue weighted by Gasteiger charge is 2.15. The van der Waals surface area contributed by atoms with Crippen molar-refractivity contribution < 1.29 is 8.95 Å². The molecule has 1 aromatic heterocycles. The molecule has 0 N–H and O–H groups in total. The van der Waals surface area contributed by atoms with Crippen LogP contribution < -0.4 is 4.90 Å². The Morgan fingerprint density at radius 3 is 2.88 bits per heavy atom. The van der Waals surface area contributed by atoms with E-state index in [9.17, 15) is 4.21 Å². The number of hydrogen-bond donors (Lipinski definition) is 0. The third-order valence-corrected chi connectivity index (χ3v) is 3.97. The lowest BCUT2D eigenvalue weighted by molar-refractivity contribution is 0.179. The van der Waals surface area contributed by atoms with Gasteiger partial charge in [0.05, 0.1) is 0 Å². The summed E-state index contributed by atoms with van der Waals surface area (Å²) in [6.45, 7) is 2.46. The van der Waals surface area contributed by atoms with Gasteiger partial charge in [-0.15, -0.1) is 0 Å². The molecule has 0 radical (unpaired) electrons. The van der Waals surface area contributed by atoms with Crippen LogP contribution in [0, 0.1) is 0 Å². The first kappa shape index (κ1) is 13.5. The monoisotopic (exact) mass is 263 g/mol. The van der Waals surface area contributed by atoms with Crippen LogP contribution in [0.2, 0.25) is 0 Å². The maximum absolute atomic E-state index is 11.1. The summed E-state index contributed by atoms with van der Waals surface area (Å²) in [6, 6.07) is 0.189. The fraction of sp³-hybridized carbons (Fsp3) is 0.778. The highest BCUT2D eigenvalue weighted by Crippen LogP contribution is 2.18. The van der Waals surface area contributed by atoms with Crippen LogP contribution in [0.1, 0.15) is 12.7 Å². The summed E-state index contributed by atoms with van der Waals surface area (Å²) >= 11 is 1.34. The number of anilines is 1. The van der Waals surface area contributed by atoms with Gasteiger partial charge in [-0.2, -0.15) is 4.37 Å². The van der Waals surface area contributed by atoms with E-state index in [2.05, 4.69) is 9.36 Å². The first-order chi connectivity index (χ1) is 7.54. The first-order valence-electron chi connectivity index (χ1n) is 4.89. The van der Waals surface area contributed by atoms with Crippen molar-refractivity contribution in [3.8, 4) is 0 Å². The molecular weight excluding hydrogens is 246 g/mol. The van der Waals surface area contributed by atoms with Gasteiger partial charge in [-0.05, 0) is 6.92 Å². The number of nitrogens with zero attached hydrogens (tertiary/aromatic N) is 3. The van der Waals surface area contributed by atoms with Gasteiger partial charge in [-0.25, -0.2) is 4.98 Å². The molecule has 7 heteroatoms. The zero-order valence-corrected chi connectivity index (χ0v) is 11.6. The van der Waals surface area contributed by atoms with Crippen LogP contribution >= 0.6 is 11.5 Å². The summed E-state index contributed by atoms with van der Waals surface area (Å²) in [5.74, 6) is 1.33. The summed E-state index contributed by atoms with van der Waals surface area (Å²) in [4.78, 5) is 6.34. The molecule has 0 aliphatic rings. The maximum atomic E-state index is 11.1. The van der Waals surface area contributed by atoms with Gasteiger partial charge in [0.25, 0.3) is 0 Å². The van der Waals surface area contributed by atoms with Gasteiger partial charge in [0.15, 0.2) is 5.82 Å². The zero-order valence-electron chi connectivity index (χ0n) is 9.97. The van der Waals surface area contributed by atoms with Gasteiger partial charge >= 0.3 is 0 Å². The van der Waals surface area contributed by atoms with Gasteiger partial charge in [0.2, 0.25) is 5.13 Å². The van der Waals surface area contributed by atoms with Crippen molar-refractivity contribution in [3.05, 3.63) is 5.82 Å². The Kier molecular flexibility index (Phi) is 5.30. The van der Waals surface area contributed by atoms with E-state index in [-0.39, 0.29) is 6.04 Å². The summed E-state index contributed by atoms with van der Waals surface area (Å²) in [5.41, 5.74) is 0. The van der Waals surface area contributed by atoms with Crippen molar-refractivity contribution in [1.82, 2.24) is 9.36 Å². The molecule has 92 valence electrons. The third-order valence-electron chi connectivity index (χ3n) is 2.17. The van der Waals surface area contributed by atoms with Crippen molar-refractivity contribution in [2.24, 2.45) is 0 Å². The summed E-state index contributed by atoms with van der Waals surface area (Å²) < 4.78 is 20.3. The van der Waals surface area contributed by atoms with Crippen LogP contribution in [0.4, 0.5) is 5.13 Å². The molecule has 0 saturated heterocycles. The van der Waals surface area contributed by atoms with Crippen LogP contribution in [0.5, 0.6) is 0 Å². The zero-order chi connectivity index (χ0) is 12.1.